The molecule has 10 atom stereocenters. The third-order valence-corrected chi connectivity index (χ3v) is 19.2. The van der Waals surface area contributed by atoms with Crippen molar-refractivity contribution in [3.63, 3.8) is 0 Å². The van der Waals surface area contributed by atoms with Crippen molar-refractivity contribution >= 4 is 35.9 Å². The smallest absolute Gasteiger partial charge is 0.411 e. The van der Waals surface area contributed by atoms with E-state index in [-0.39, 0.29) is 84.6 Å². The number of alkyl carbamates (subject to hydrolysis) is 1. The first-order valence-corrected chi connectivity index (χ1v) is 37.8. The highest BCUT2D eigenvalue weighted by atomic mass is 19.1. The largest absolute Gasteiger partial charge is 0.480 e. The van der Waals surface area contributed by atoms with Crippen LogP contribution in [-0.2, 0) is 94.9 Å². The molecule has 0 bridgehead atoms. The third-order valence-electron chi connectivity index (χ3n) is 19.2. The van der Waals surface area contributed by atoms with E-state index in [0.29, 0.717) is 84.4 Å². The van der Waals surface area contributed by atoms with Crippen LogP contribution in [0.25, 0.3) is 0 Å². The second-order valence-corrected chi connectivity index (χ2v) is 30.3. The summed E-state index contributed by atoms with van der Waals surface area (Å²) in [5.41, 5.74) is 18.7. The van der Waals surface area contributed by atoms with Gasteiger partial charge in [-0.1, -0.05) is 170 Å². The van der Waals surface area contributed by atoms with Gasteiger partial charge in [-0.2, -0.15) is 0 Å². The zero-order valence-corrected chi connectivity index (χ0v) is 64.6. The van der Waals surface area contributed by atoms with E-state index in [9.17, 15) is 47.0 Å². The van der Waals surface area contributed by atoms with Crippen molar-refractivity contribution in [2.45, 2.75) is 204 Å². The number of nitrogens with zero attached hydrogens (tertiary/aromatic N) is 4. The molecule has 0 spiro atoms. The summed E-state index contributed by atoms with van der Waals surface area (Å²) in [6.07, 6.45) is 9.57. The number of benzene rings is 7. The molecule has 0 radical (unpaired) electrons. The number of ether oxygens (including phenoxy) is 5. The first kappa shape index (κ1) is 86.4. The van der Waals surface area contributed by atoms with Crippen molar-refractivity contribution in [3.05, 3.63) is 288 Å². The van der Waals surface area contributed by atoms with E-state index in [0.717, 1.165) is 57.3 Å². The molecule has 11 rings (SSSR count). The highest BCUT2D eigenvalue weighted by Crippen LogP contribution is 2.31. The van der Waals surface area contributed by atoms with Crippen LogP contribution in [0.15, 0.2) is 226 Å². The number of carboxylic acids is 1. The Balaban J connectivity index is 0.000000189. The Bertz CT molecular complexity index is 4000. The first-order chi connectivity index (χ1) is 53.0. The molecule has 7 aromatic carbocycles. The van der Waals surface area contributed by atoms with Crippen molar-refractivity contribution in [1.29, 1.82) is 0 Å². The van der Waals surface area contributed by atoms with Crippen LogP contribution < -0.4 is 16.8 Å². The van der Waals surface area contributed by atoms with Crippen LogP contribution in [0.4, 0.5) is 22.8 Å². The number of nitrogens with two attached hydrogens (primary N) is 2. The number of amides is 5. The van der Waals surface area contributed by atoms with Gasteiger partial charge < -0.3 is 60.3 Å². The lowest BCUT2D eigenvalue weighted by Gasteiger charge is -2.35. The molecule has 7 aromatic rings. The van der Waals surface area contributed by atoms with Crippen molar-refractivity contribution in [3.8, 4) is 0 Å². The van der Waals surface area contributed by atoms with Crippen LogP contribution in [0.1, 0.15) is 125 Å². The Labute approximate surface area is 651 Å². The lowest BCUT2D eigenvalue weighted by molar-refractivity contribution is -0.143. The summed E-state index contributed by atoms with van der Waals surface area (Å²) in [6.45, 7) is 25.3. The molecule has 4 heterocycles. The molecular weight excluding hydrogens is 1420 g/mol. The van der Waals surface area contributed by atoms with Gasteiger partial charge in [0, 0.05) is 50.6 Å². The van der Waals surface area contributed by atoms with Gasteiger partial charge in [-0.3, -0.25) is 19.3 Å². The zero-order valence-electron chi connectivity index (χ0n) is 64.6. The van der Waals surface area contributed by atoms with E-state index in [4.69, 9.17) is 35.2 Å². The summed E-state index contributed by atoms with van der Waals surface area (Å²) in [5, 5.41) is 12.1. The van der Waals surface area contributed by atoms with Gasteiger partial charge in [0.25, 0.3) is 0 Å². The summed E-state index contributed by atoms with van der Waals surface area (Å²) in [7, 11) is 0. The number of carbonyl (C=O) groups excluding carboxylic acids is 5. The highest BCUT2D eigenvalue weighted by Gasteiger charge is 2.42. The van der Waals surface area contributed by atoms with E-state index < -0.39 is 53.5 Å². The fourth-order valence-electron chi connectivity index (χ4n) is 13.7. The third kappa shape index (κ3) is 27.9. The molecule has 1 unspecified atom stereocenters. The van der Waals surface area contributed by atoms with Crippen LogP contribution in [-0.4, -0.2) is 152 Å². The minimum atomic E-state index is -1.01. The molecule has 111 heavy (non-hydrogen) atoms. The van der Waals surface area contributed by atoms with Gasteiger partial charge in [0.1, 0.15) is 40.7 Å². The van der Waals surface area contributed by atoms with Crippen molar-refractivity contribution in [2.24, 2.45) is 11.5 Å². The van der Waals surface area contributed by atoms with Crippen molar-refractivity contribution < 1.29 is 70.7 Å². The molecule has 5 amide bonds. The van der Waals surface area contributed by atoms with Crippen LogP contribution in [0.2, 0.25) is 0 Å². The van der Waals surface area contributed by atoms with Gasteiger partial charge in [-0.25, -0.2) is 27.6 Å². The number of hydrogen-bond acceptors (Lipinski definition) is 13. The molecule has 3 fully saturated rings. The lowest BCUT2D eigenvalue weighted by atomic mass is 9.94. The number of hydrogen-bond donors (Lipinski definition) is 4. The molecule has 0 aromatic heterocycles. The monoisotopic (exact) mass is 1520 g/mol. The number of aliphatic carboxylic acids is 1. The predicted molar refractivity (Wildman–Crippen MR) is 423 cm³/mol. The van der Waals surface area contributed by atoms with Gasteiger partial charge in [-0.15, -0.1) is 19.7 Å². The van der Waals surface area contributed by atoms with Gasteiger partial charge >= 0.3 is 18.2 Å². The van der Waals surface area contributed by atoms with Gasteiger partial charge in [0.2, 0.25) is 17.7 Å². The molecule has 22 heteroatoms. The normalized spacial score (nSPS) is 19.4. The first-order valence-electron chi connectivity index (χ1n) is 37.8. The molecule has 19 nitrogen and oxygen atoms in total. The van der Waals surface area contributed by atoms with E-state index in [1.807, 2.05) is 137 Å². The average molecular weight is 1520 g/mol. The minimum absolute atomic E-state index is 0.0212. The topological polar surface area (TPSA) is 246 Å². The maximum absolute atomic E-state index is 13.7. The SMILES string of the molecule is C=CC[C@H]1C[C@@H](OCc2ccccc2)CN1C(=O)[C@@H](Cc1ccc(F)cc1)NC(=O)OC(C)(C)C.C=CC[C@H]1C[C@@H](OCc2ccccc2)CN1C(=O)[C@H](N)Cc1ccc(F)cc1.C=CC[C@H]1C[C@@H](OCc2ccccc2)CN1C(=O)[C@H](N)Cc1ccc(F)cc1.CC(C)(C)OC(=O)N1Cc2ccccc2CC1C(=O)O. The predicted octanol–water partition coefficient (Wildman–Crippen LogP) is 14.4. The molecule has 4 aliphatic rings. The van der Waals surface area contributed by atoms with Crippen LogP contribution in [0.5, 0.6) is 0 Å². The van der Waals surface area contributed by atoms with Crippen LogP contribution in [0, 0.1) is 17.5 Å². The highest BCUT2D eigenvalue weighted by molar-refractivity contribution is 5.87. The number of rotatable bonds is 26. The molecule has 4 aliphatic heterocycles. The lowest BCUT2D eigenvalue weighted by Crippen LogP contribution is -2.52. The molecule has 0 saturated carbocycles. The van der Waals surface area contributed by atoms with Gasteiger partial charge in [0.05, 0.1) is 56.8 Å². The number of halogens is 3. The Morgan fingerprint density at radius 2 is 0.793 bits per heavy atom. The Morgan fingerprint density at radius 1 is 0.459 bits per heavy atom. The average Bonchev–Trinajstić information content (AvgIpc) is 1.79. The van der Waals surface area contributed by atoms with Gasteiger partial charge in [0.15, 0.2) is 0 Å². The fourth-order valence-corrected chi connectivity index (χ4v) is 13.7. The maximum atomic E-state index is 13.7. The second-order valence-electron chi connectivity index (χ2n) is 30.3. The summed E-state index contributed by atoms with van der Waals surface area (Å²) < 4.78 is 68.5. The molecule has 592 valence electrons. The number of nitrogens with one attached hydrogen (secondary N) is 1. The number of carbonyl (C=O) groups is 6. The van der Waals surface area contributed by atoms with E-state index >= 15 is 0 Å². The zero-order chi connectivity index (χ0) is 80.2. The molecule has 0 aliphatic carbocycles. The van der Waals surface area contributed by atoms with Crippen molar-refractivity contribution in [1.82, 2.24) is 24.9 Å². The van der Waals surface area contributed by atoms with E-state index in [1.54, 1.807) is 88.9 Å². The Kier molecular flexibility index (Phi) is 32.9. The molecule has 3 saturated heterocycles. The van der Waals surface area contributed by atoms with E-state index in [2.05, 4.69) is 25.1 Å². The molecule has 6 N–H and O–H groups in total. The number of carboxylic acid groups (broad SMARTS) is 1. The Morgan fingerprint density at radius 3 is 1.14 bits per heavy atom. The number of fused-ring (bicyclic) bond motifs is 1. The maximum Gasteiger partial charge on any atom is 0.411 e. The standard InChI is InChI=1S/C28H35FN2O4.2C23H27FN2O2.C15H19NO4/c1-5-9-23-17-24(34-19-21-10-7-6-8-11-21)18-31(23)26(32)25(30-27(33)35-28(2,3)4)16-20-12-14-22(29)15-13-20;2*1-2-6-20-14-21(28-16-18-7-4-3-5-8-18)15-26(20)23(27)22(25)13-17-9-11-19(24)12-10-17;1-15(2,3)20-14(19)16-9-11-7-5-4-6-10(11)8-12(16)13(17)18/h5-8,10-15,23-25H,1,9,16-19H2,2-4H3,(H,30,33);2*2-5,7-12,20-22H,1,6,13-16,25H2;4-7,12H,8-9H2,1-3H3,(H,17,18)/t23-,24+,25+;2*20-,21+,22+;/m000./s1. The minimum Gasteiger partial charge on any atom is -0.480 e. The quantitative estimate of drug-likeness (QED) is 0.0369. The summed E-state index contributed by atoms with van der Waals surface area (Å²) >= 11 is 0. The molecular formula is C89H108F3N7O12. The van der Waals surface area contributed by atoms with Crippen molar-refractivity contribution in [2.75, 3.05) is 19.6 Å². The van der Waals surface area contributed by atoms with E-state index in [1.165, 1.54) is 41.3 Å². The summed E-state index contributed by atoms with van der Waals surface area (Å²) in [6, 6.07) is 52.5. The van der Waals surface area contributed by atoms with Gasteiger partial charge in [-0.05, 0) is 174 Å². The number of likely N-dealkylation sites (tertiary alicyclic amines) is 3. The van der Waals surface area contributed by atoms with Crippen LogP contribution >= 0.6 is 0 Å². The summed E-state index contributed by atoms with van der Waals surface area (Å²) in [5.74, 6) is -2.38. The fraction of sp³-hybridized carbons (Fsp3) is 0.393. The summed E-state index contributed by atoms with van der Waals surface area (Å²) in [4.78, 5) is 82.5. The second kappa shape index (κ2) is 42.3. The Hall–Kier alpha value is -10.2. The van der Waals surface area contributed by atoms with Crippen LogP contribution in [0.3, 0.4) is 0 Å².